The molecule has 1 amide bonds. The minimum atomic E-state index is -4.68. The molecule has 12 heteroatoms. The van der Waals surface area contributed by atoms with Crippen molar-refractivity contribution in [3.8, 4) is 5.69 Å². The lowest BCUT2D eigenvalue weighted by Gasteiger charge is -2.15. The zero-order valence-electron chi connectivity index (χ0n) is 13.6. The van der Waals surface area contributed by atoms with Crippen molar-refractivity contribution < 1.29 is 26.4 Å². The number of alkyl halides is 3. The summed E-state index contributed by atoms with van der Waals surface area (Å²) < 4.78 is 63.6. The van der Waals surface area contributed by atoms with E-state index in [2.05, 4.69) is 10.4 Å². The van der Waals surface area contributed by atoms with Crippen LogP contribution in [0.1, 0.15) is 18.2 Å². The first-order valence-electron chi connectivity index (χ1n) is 6.87. The topological polar surface area (TPSA) is 81.1 Å². The number of hydrogen-bond donors (Lipinski definition) is 1. The highest BCUT2D eigenvalue weighted by molar-refractivity contribution is 7.91. The molecule has 1 N–H and O–H groups in total. The predicted octanol–water partition coefficient (Wildman–Crippen LogP) is 3.87. The number of nitrogens with zero attached hydrogens (tertiary/aromatic N) is 2. The molecule has 0 bridgehead atoms. The van der Waals surface area contributed by atoms with Gasteiger partial charge >= 0.3 is 6.18 Å². The molecule has 1 aromatic carbocycles. The number of benzene rings is 1. The number of carbonyl (C=O) groups is 1. The summed E-state index contributed by atoms with van der Waals surface area (Å²) in [7, 11) is -3.82. The highest BCUT2D eigenvalue weighted by atomic mass is 35.5. The fourth-order valence-electron chi connectivity index (χ4n) is 2.33. The lowest BCUT2D eigenvalue weighted by molar-refractivity contribution is -0.137. The first-order valence-corrected chi connectivity index (χ1v) is 9.52. The van der Waals surface area contributed by atoms with Crippen molar-refractivity contribution >= 4 is 44.8 Å². The van der Waals surface area contributed by atoms with Gasteiger partial charge in [0, 0.05) is 13.2 Å². The van der Waals surface area contributed by atoms with Crippen LogP contribution >= 0.6 is 23.2 Å². The van der Waals surface area contributed by atoms with Crippen molar-refractivity contribution in [2.24, 2.45) is 0 Å². The molecular weight excluding hydrogens is 418 g/mol. The molecule has 0 atom stereocenters. The van der Waals surface area contributed by atoms with Crippen LogP contribution in [0, 0.1) is 6.92 Å². The van der Waals surface area contributed by atoms with E-state index in [0.29, 0.717) is 12.1 Å². The van der Waals surface area contributed by atoms with Crippen LogP contribution in [0.2, 0.25) is 10.0 Å². The van der Waals surface area contributed by atoms with Crippen molar-refractivity contribution in [2.45, 2.75) is 24.9 Å². The molecule has 0 unspecified atom stereocenters. The molecule has 2 aromatic rings. The minimum absolute atomic E-state index is 0.0169. The molecule has 0 fully saturated rings. The largest absolute Gasteiger partial charge is 0.416 e. The van der Waals surface area contributed by atoms with E-state index >= 15 is 0 Å². The van der Waals surface area contributed by atoms with Gasteiger partial charge in [0.2, 0.25) is 5.91 Å². The van der Waals surface area contributed by atoms with Crippen LogP contribution in [0.3, 0.4) is 0 Å². The molecule has 0 saturated carbocycles. The fourth-order valence-corrected chi connectivity index (χ4v) is 4.04. The van der Waals surface area contributed by atoms with Crippen molar-refractivity contribution in [1.82, 2.24) is 9.78 Å². The van der Waals surface area contributed by atoms with Crippen LogP contribution in [-0.4, -0.2) is 30.4 Å². The number of carbonyl (C=O) groups excluding carboxylic acids is 1. The highest BCUT2D eigenvalue weighted by Gasteiger charge is 2.33. The number of hydrogen-bond acceptors (Lipinski definition) is 4. The number of rotatable bonds is 3. The molecule has 0 aliphatic carbocycles. The average molecular weight is 430 g/mol. The van der Waals surface area contributed by atoms with Crippen LogP contribution < -0.4 is 5.32 Å². The van der Waals surface area contributed by atoms with Crippen LogP contribution in [0.4, 0.5) is 19.0 Å². The maximum absolute atomic E-state index is 12.9. The third-order valence-corrected chi connectivity index (χ3v) is 5.03. The summed E-state index contributed by atoms with van der Waals surface area (Å²) in [5.41, 5.74) is -1.25. The predicted molar refractivity (Wildman–Crippen MR) is 90.7 cm³/mol. The summed E-state index contributed by atoms with van der Waals surface area (Å²) in [5, 5.41) is 5.46. The Morgan fingerprint density at radius 1 is 1.23 bits per heavy atom. The zero-order chi connectivity index (χ0) is 20.0. The first kappa shape index (κ1) is 20.5. The Hall–Kier alpha value is -1.78. The fraction of sp³-hybridized carbons (Fsp3) is 0.286. The van der Waals surface area contributed by atoms with Crippen molar-refractivity contribution in [3.05, 3.63) is 33.4 Å². The normalized spacial score (nSPS) is 12.3. The van der Waals surface area contributed by atoms with Gasteiger partial charge in [-0.15, -0.1) is 0 Å². The van der Waals surface area contributed by atoms with Gasteiger partial charge in [-0.25, -0.2) is 13.1 Å². The molecule has 1 aromatic heterocycles. The van der Waals surface area contributed by atoms with E-state index in [9.17, 15) is 26.4 Å². The molecule has 0 saturated heterocycles. The molecule has 0 aliphatic heterocycles. The van der Waals surface area contributed by atoms with E-state index in [0.717, 1.165) is 17.9 Å². The molecule has 2 rings (SSSR count). The number of anilines is 1. The van der Waals surface area contributed by atoms with E-state index in [1.807, 2.05) is 0 Å². The smallest absolute Gasteiger partial charge is 0.310 e. The van der Waals surface area contributed by atoms with Crippen LogP contribution in [0.5, 0.6) is 0 Å². The summed E-state index contributed by atoms with van der Waals surface area (Å²) in [6, 6.07) is 1.27. The van der Waals surface area contributed by atoms with Crippen molar-refractivity contribution in [3.63, 3.8) is 0 Å². The van der Waals surface area contributed by atoms with E-state index in [1.165, 1.54) is 6.92 Å². The Balaban J connectivity index is 2.83. The van der Waals surface area contributed by atoms with Gasteiger partial charge in [-0.1, -0.05) is 23.2 Å². The summed E-state index contributed by atoms with van der Waals surface area (Å²) in [6.07, 6.45) is -3.77. The second kappa shape index (κ2) is 6.75. The first-order chi connectivity index (χ1) is 11.7. The Kier molecular flexibility index (Phi) is 5.33. The van der Waals surface area contributed by atoms with Gasteiger partial charge in [-0.3, -0.25) is 4.79 Å². The summed E-state index contributed by atoms with van der Waals surface area (Å²) >= 11 is 11.9. The number of aryl methyl sites for hydroxylation is 1. The minimum Gasteiger partial charge on any atom is -0.310 e. The van der Waals surface area contributed by atoms with Gasteiger partial charge in [0.15, 0.2) is 15.7 Å². The maximum Gasteiger partial charge on any atom is 0.416 e. The van der Waals surface area contributed by atoms with E-state index < -0.39 is 37.5 Å². The van der Waals surface area contributed by atoms with E-state index in [4.69, 9.17) is 23.2 Å². The van der Waals surface area contributed by atoms with Gasteiger partial charge in [0.25, 0.3) is 0 Å². The standard InChI is InChI=1S/C14H12Cl2F3N3O3S/c1-6-12(26(3,24)25)13(20-7(2)23)22(21-6)11-9(15)4-8(5-10(11)16)14(17,18)19/h4-5H,1-3H3,(H,20,23). The Morgan fingerprint density at radius 3 is 2.12 bits per heavy atom. The molecular formula is C14H12Cl2F3N3O3S. The SMILES string of the molecule is CC(=O)Nc1c(S(C)(=O)=O)c(C)nn1-c1c(Cl)cc(C(F)(F)F)cc1Cl. The van der Waals surface area contributed by atoms with Crippen LogP contribution in [-0.2, 0) is 20.8 Å². The number of sulfone groups is 1. The van der Waals surface area contributed by atoms with Gasteiger partial charge in [-0.05, 0) is 19.1 Å². The van der Waals surface area contributed by atoms with E-state index in [-0.39, 0.29) is 22.1 Å². The van der Waals surface area contributed by atoms with Crippen LogP contribution in [0.25, 0.3) is 5.69 Å². The third kappa shape index (κ3) is 3.97. The summed E-state index contributed by atoms with van der Waals surface area (Å²) in [5.74, 6) is -0.878. The number of halogens is 5. The molecule has 26 heavy (non-hydrogen) atoms. The second-order valence-electron chi connectivity index (χ2n) is 5.41. The Bertz CT molecular complexity index is 978. The van der Waals surface area contributed by atoms with Gasteiger partial charge in [-0.2, -0.15) is 18.3 Å². The highest BCUT2D eigenvalue weighted by Crippen LogP contribution is 2.39. The number of aromatic nitrogens is 2. The average Bonchev–Trinajstić information content (AvgIpc) is 2.72. The van der Waals surface area contributed by atoms with Crippen LogP contribution in [0.15, 0.2) is 17.0 Å². The zero-order valence-corrected chi connectivity index (χ0v) is 15.9. The number of nitrogens with one attached hydrogen (secondary N) is 1. The van der Waals surface area contributed by atoms with E-state index in [1.54, 1.807) is 0 Å². The Morgan fingerprint density at radius 2 is 1.73 bits per heavy atom. The van der Waals surface area contributed by atoms with Crippen molar-refractivity contribution in [2.75, 3.05) is 11.6 Å². The lowest BCUT2D eigenvalue weighted by atomic mass is 10.2. The summed E-state index contributed by atoms with van der Waals surface area (Å²) in [4.78, 5) is 11.2. The molecule has 0 spiro atoms. The lowest BCUT2D eigenvalue weighted by Crippen LogP contribution is -2.15. The Labute approximate surface area is 156 Å². The number of amides is 1. The van der Waals surface area contributed by atoms with Gasteiger partial charge in [0.1, 0.15) is 10.6 Å². The molecule has 6 nitrogen and oxygen atoms in total. The van der Waals surface area contributed by atoms with Gasteiger partial charge < -0.3 is 5.32 Å². The molecule has 0 radical (unpaired) electrons. The van der Waals surface area contributed by atoms with Gasteiger partial charge in [0.05, 0.1) is 21.3 Å². The van der Waals surface area contributed by atoms with Crippen molar-refractivity contribution in [1.29, 1.82) is 0 Å². The molecule has 1 heterocycles. The monoisotopic (exact) mass is 429 g/mol. The summed E-state index contributed by atoms with van der Waals surface area (Å²) in [6.45, 7) is 2.50. The molecule has 142 valence electrons. The molecule has 0 aliphatic rings. The maximum atomic E-state index is 12.9. The quantitative estimate of drug-likeness (QED) is 0.802. The third-order valence-electron chi connectivity index (χ3n) is 3.23. The second-order valence-corrected chi connectivity index (χ2v) is 8.18.